The van der Waals surface area contributed by atoms with Crippen LogP contribution in [0.4, 0.5) is 0 Å². The number of aromatic nitrogens is 1. The molecule has 5 heteroatoms. The predicted molar refractivity (Wildman–Crippen MR) is 77.1 cm³/mol. The van der Waals surface area contributed by atoms with Crippen LogP contribution in [0.3, 0.4) is 0 Å². The minimum Gasteiger partial charge on any atom is -0.449 e. The molecular weight excluding hydrogens is 254 g/mol. The third-order valence-electron chi connectivity index (χ3n) is 3.43. The maximum atomic E-state index is 12.2. The molecule has 20 heavy (non-hydrogen) atoms. The normalized spacial score (nSPS) is 20.9. The van der Waals surface area contributed by atoms with E-state index < -0.39 is 0 Å². The Morgan fingerprint density at radius 3 is 2.90 bits per heavy atom. The summed E-state index contributed by atoms with van der Waals surface area (Å²) in [5, 5.41) is 3.08. The fraction of sp³-hybridized carbons (Fsp3) is 0.733. The van der Waals surface area contributed by atoms with E-state index in [4.69, 9.17) is 4.42 Å². The Labute approximate surface area is 120 Å². The van der Waals surface area contributed by atoms with Crippen LogP contribution in [0.2, 0.25) is 0 Å². The number of hydrogen-bond donors (Lipinski definition) is 1. The highest BCUT2D eigenvalue weighted by Gasteiger charge is 2.28. The lowest BCUT2D eigenvalue weighted by Gasteiger charge is -2.33. The third-order valence-corrected chi connectivity index (χ3v) is 3.43. The molecule has 0 saturated carbocycles. The van der Waals surface area contributed by atoms with Gasteiger partial charge in [0.2, 0.25) is 5.91 Å². The van der Waals surface area contributed by atoms with E-state index in [-0.39, 0.29) is 17.4 Å². The van der Waals surface area contributed by atoms with Gasteiger partial charge >= 0.3 is 0 Å². The standard InChI is InChI=1S/C15H25N3O2/c1-11-16-13(10-20-11)9-18-7-5-6-12(8-18)14(19)17-15(2,3)4/h10,12H,5-9H2,1-4H3,(H,17,19). The second kappa shape index (κ2) is 5.95. The van der Waals surface area contributed by atoms with E-state index in [0.29, 0.717) is 5.89 Å². The first-order chi connectivity index (χ1) is 9.33. The number of aryl methyl sites for hydroxylation is 1. The summed E-state index contributed by atoms with van der Waals surface area (Å²) in [6, 6.07) is 0. The van der Waals surface area contributed by atoms with E-state index in [2.05, 4.69) is 15.2 Å². The average molecular weight is 279 g/mol. The number of hydrogen-bond acceptors (Lipinski definition) is 4. The smallest absolute Gasteiger partial charge is 0.224 e. The van der Waals surface area contributed by atoms with E-state index in [9.17, 15) is 4.79 Å². The molecule has 0 spiro atoms. The van der Waals surface area contributed by atoms with Gasteiger partial charge in [-0.25, -0.2) is 4.98 Å². The van der Waals surface area contributed by atoms with Crippen LogP contribution in [-0.4, -0.2) is 34.4 Å². The molecule has 1 aliphatic heterocycles. The number of carbonyl (C=O) groups excluding carboxylic acids is 1. The maximum Gasteiger partial charge on any atom is 0.224 e. The fourth-order valence-electron chi connectivity index (χ4n) is 2.59. The van der Waals surface area contributed by atoms with Crippen LogP contribution in [0.5, 0.6) is 0 Å². The zero-order valence-electron chi connectivity index (χ0n) is 12.9. The molecule has 2 heterocycles. The van der Waals surface area contributed by atoms with Crippen LogP contribution in [0, 0.1) is 12.8 Å². The van der Waals surface area contributed by atoms with Gasteiger partial charge in [0.05, 0.1) is 11.6 Å². The van der Waals surface area contributed by atoms with Crippen molar-refractivity contribution in [2.24, 2.45) is 5.92 Å². The second-order valence-corrected chi connectivity index (χ2v) is 6.67. The molecule has 1 aromatic heterocycles. The van der Waals surface area contributed by atoms with Gasteiger partial charge in [-0.1, -0.05) is 0 Å². The number of nitrogens with one attached hydrogen (secondary N) is 1. The van der Waals surface area contributed by atoms with Crippen molar-refractivity contribution in [3.8, 4) is 0 Å². The number of nitrogens with zero attached hydrogens (tertiary/aromatic N) is 2. The summed E-state index contributed by atoms with van der Waals surface area (Å²) >= 11 is 0. The molecule has 1 atom stereocenters. The highest BCUT2D eigenvalue weighted by molar-refractivity contribution is 5.79. The molecule has 1 unspecified atom stereocenters. The molecule has 1 N–H and O–H groups in total. The Morgan fingerprint density at radius 2 is 2.30 bits per heavy atom. The minimum absolute atomic E-state index is 0.0796. The van der Waals surface area contributed by atoms with Crippen molar-refractivity contribution < 1.29 is 9.21 Å². The topological polar surface area (TPSA) is 58.4 Å². The Kier molecular flexibility index (Phi) is 4.48. The molecule has 0 aromatic carbocycles. The van der Waals surface area contributed by atoms with Crippen LogP contribution in [-0.2, 0) is 11.3 Å². The first-order valence-corrected chi connectivity index (χ1v) is 7.29. The van der Waals surface area contributed by atoms with E-state index in [1.165, 1.54) is 0 Å². The summed E-state index contributed by atoms with van der Waals surface area (Å²) in [5.74, 6) is 0.938. The molecule has 1 fully saturated rings. The lowest BCUT2D eigenvalue weighted by atomic mass is 9.95. The summed E-state index contributed by atoms with van der Waals surface area (Å²) in [6.07, 6.45) is 3.73. The molecule has 0 bridgehead atoms. The highest BCUT2D eigenvalue weighted by Crippen LogP contribution is 2.19. The zero-order valence-corrected chi connectivity index (χ0v) is 12.9. The van der Waals surface area contributed by atoms with Crippen LogP contribution < -0.4 is 5.32 Å². The quantitative estimate of drug-likeness (QED) is 0.920. The van der Waals surface area contributed by atoms with E-state index in [1.807, 2.05) is 27.7 Å². The van der Waals surface area contributed by atoms with Crippen LogP contribution in [0.15, 0.2) is 10.7 Å². The number of rotatable bonds is 3. The van der Waals surface area contributed by atoms with Crippen LogP contribution >= 0.6 is 0 Å². The van der Waals surface area contributed by atoms with Gasteiger partial charge in [0, 0.05) is 25.6 Å². The van der Waals surface area contributed by atoms with Crippen molar-refractivity contribution in [2.45, 2.75) is 52.6 Å². The van der Waals surface area contributed by atoms with Gasteiger partial charge in [-0.3, -0.25) is 9.69 Å². The average Bonchev–Trinajstić information content (AvgIpc) is 2.73. The Balaban J connectivity index is 1.90. The van der Waals surface area contributed by atoms with E-state index in [1.54, 1.807) is 6.26 Å². The van der Waals surface area contributed by atoms with Gasteiger partial charge in [-0.2, -0.15) is 0 Å². The summed E-state index contributed by atoms with van der Waals surface area (Å²) in [7, 11) is 0. The molecule has 5 nitrogen and oxygen atoms in total. The Morgan fingerprint density at radius 1 is 1.55 bits per heavy atom. The van der Waals surface area contributed by atoms with Crippen molar-refractivity contribution in [1.29, 1.82) is 0 Å². The lowest BCUT2D eigenvalue weighted by Crippen LogP contribution is -2.48. The number of likely N-dealkylation sites (tertiary alicyclic amines) is 1. The number of piperidine rings is 1. The zero-order chi connectivity index (χ0) is 14.8. The Hall–Kier alpha value is -1.36. The molecule has 1 saturated heterocycles. The van der Waals surface area contributed by atoms with Crippen molar-refractivity contribution in [3.05, 3.63) is 17.8 Å². The SMILES string of the molecule is Cc1nc(CN2CCCC(C(=O)NC(C)(C)C)C2)co1. The predicted octanol–water partition coefficient (Wildman–Crippen LogP) is 2.11. The number of amides is 1. The first-order valence-electron chi connectivity index (χ1n) is 7.29. The van der Waals surface area contributed by atoms with Crippen LogP contribution in [0.1, 0.15) is 45.2 Å². The summed E-state index contributed by atoms with van der Waals surface area (Å²) in [4.78, 5) is 18.9. The first kappa shape index (κ1) is 15.0. The lowest BCUT2D eigenvalue weighted by molar-refractivity contribution is -0.128. The molecule has 0 radical (unpaired) electrons. The molecule has 112 valence electrons. The highest BCUT2D eigenvalue weighted by atomic mass is 16.3. The Bertz CT molecular complexity index is 462. The van der Waals surface area contributed by atoms with Crippen LogP contribution in [0.25, 0.3) is 0 Å². The molecule has 1 aromatic rings. The fourth-order valence-corrected chi connectivity index (χ4v) is 2.59. The van der Waals surface area contributed by atoms with Crippen molar-refractivity contribution in [3.63, 3.8) is 0 Å². The molecule has 1 amide bonds. The van der Waals surface area contributed by atoms with Crippen molar-refractivity contribution in [2.75, 3.05) is 13.1 Å². The number of oxazole rings is 1. The maximum absolute atomic E-state index is 12.2. The summed E-state index contributed by atoms with van der Waals surface area (Å²) in [5.41, 5.74) is 0.780. The molecule has 2 rings (SSSR count). The minimum atomic E-state index is -0.164. The monoisotopic (exact) mass is 279 g/mol. The van der Waals surface area contributed by atoms with Gasteiger partial charge in [0.25, 0.3) is 0 Å². The summed E-state index contributed by atoms with van der Waals surface area (Å²) < 4.78 is 5.23. The third kappa shape index (κ3) is 4.34. The van der Waals surface area contributed by atoms with Crippen molar-refractivity contribution >= 4 is 5.91 Å². The van der Waals surface area contributed by atoms with Crippen molar-refractivity contribution in [1.82, 2.24) is 15.2 Å². The van der Waals surface area contributed by atoms with E-state index in [0.717, 1.165) is 38.2 Å². The molecule has 0 aliphatic carbocycles. The van der Waals surface area contributed by atoms with E-state index >= 15 is 0 Å². The summed E-state index contributed by atoms with van der Waals surface area (Å²) in [6.45, 7) is 10.5. The second-order valence-electron chi connectivity index (χ2n) is 6.67. The van der Waals surface area contributed by atoms with Gasteiger partial charge in [-0.05, 0) is 40.2 Å². The largest absolute Gasteiger partial charge is 0.449 e. The van der Waals surface area contributed by atoms with Gasteiger partial charge in [0.1, 0.15) is 6.26 Å². The molecular formula is C15H25N3O2. The van der Waals surface area contributed by atoms with Gasteiger partial charge in [0.15, 0.2) is 5.89 Å². The van der Waals surface area contributed by atoms with Gasteiger partial charge in [-0.15, -0.1) is 0 Å². The molecule has 1 aliphatic rings. The van der Waals surface area contributed by atoms with Gasteiger partial charge < -0.3 is 9.73 Å². The number of carbonyl (C=O) groups is 1.